The number of esters is 1. The molecule has 6 N–H and O–H groups in total. The summed E-state index contributed by atoms with van der Waals surface area (Å²) in [7, 11) is 0. The maximum atomic E-state index is 14.4. The van der Waals surface area contributed by atoms with E-state index in [1.165, 1.54) is 5.57 Å². The number of carbonyl (C=O) groups is 1. The molecule has 45 heavy (non-hydrogen) atoms. The molecular weight excluding hydrogens is 576 g/mol. The Labute approximate surface area is 268 Å². The molecule has 6 rings (SSSR count). The standard InChI is InChI=1S/C36H58O9/c1-31(2)14-15-36(30(43)45-29-28(42)27(41)26(40)21(18-37)44-29)20(16-31)19-8-9-23-33(5)12-11-24(38)32(3,4)22(33)10-13-34(23,6)35(19,7)17-25(36)39/h8,20-29,37-42H,9-18H2,1-7H3/t20-,21+,22-,23+,24-,25?,26+,27-,28+,29-,33-,34+,35+,36+/m0/s1. The molecular formula is C36H58O9. The lowest BCUT2D eigenvalue weighted by molar-refractivity contribution is -0.299. The van der Waals surface area contributed by atoms with Gasteiger partial charge in [0.15, 0.2) is 0 Å². The first-order valence-corrected chi connectivity index (χ1v) is 17.4. The van der Waals surface area contributed by atoms with Gasteiger partial charge in [-0.2, -0.15) is 0 Å². The van der Waals surface area contributed by atoms with Crippen LogP contribution in [-0.4, -0.2) is 86.1 Å². The molecule has 0 radical (unpaired) electrons. The summed E-state index contributed by atoms with van der Waals surface area (Å²) in [5, 5.41) is 64.3. The predicted octanol–water partition coefficient (Wildman–Crippen LogP) is 3.46. The minimum atomic E-state index is -1.70. The maximum Gasteiger partial charge on any atom is 0.317 e. The number of fused-ring (bicyclic) bond motifs is 7. The summed E-state index contributed by atoms with van der Waals surface area (Å²) in [5.41, 5.74) is -0.661. The van der Waals surface area contributed by atoms with E-state index in [-0.39, 0.29) is 39.1 Å². The van der Waals surface area contributed by atoms with Crippen LogP contribution in [0.4, 0.5) is 0 Å². The average Bonchev–Trinajstić information content (AvgIpc) is 2.95. The van der Waals surface area contributed by atoms with E-state index < -0.39 is 54.8 Å². The summed E-state index contributed by atoms with van der Waals surface area (Å²) >= 11 is 0. The summed E-state index contributed by atoms with van der Waals surface area (Å²) < 4.78 is 11.4. The Hall–Kier alpha value is -1.07. The lowest BCUT2D eigenvalue weighted by Crippen LogP contribution is -2.68. The summed E-state index contributed by atoms with van der Waals surface area (Å²) in [6.07, 6.45) is 0.341. The van der Waals surface area contributed by atoms with Crippen LogP contribution >= 0.6 is 0 Å². The van der Waals surface area contributed by atoms with E-state index in [1.54, 1.807) is 0 Å². The second-order valence-electron chi connectivity index (χ2n) is 18.0. The number of aliphatic hydroxyl groups is 6. The molecule has 5 aliphatic carbocycles. The van der Waals surface area contributed by atoms with Crippen molar-refractivity contribution in [2.24, 2.45) is 50.2 Å². The molecule has 6 aliphatic rings. The zero-order valence-corrected chi connectivity index (χ0v) is 28.3. The molecule has 5 fully saturated rings. The van der Waals surface area contributed by atoms with Crippen LogP contribution < -0.4 is 0 Å². The molecule has 0 aromatic rings. The zero-order chi connectivity index (χ0) is 33.1. The van der Waals surface area contributed by atoms with E-state index in [0.717, 1.165) is 32.1 Å². The van der Waals surface area contributed by atoms with Crippen molar-refractivity contribution in [1.82, 2.24) is 0 Å². The van der Waals surface area contributed by atoms with Crippen LogP contribution in [0, 0.1) is 50.2 Å². The van der Waals surface area contributed by atoms with Crippen molar-refractivity contribution in [3.8, 4) is 0 Å². The van der Waals surface area contributed by atoms with Gasteiger partial charge in [-0.1, -0.05) is 60.1 Å². The number of carbonyl (C=O) groups excluding carboxylic acids is 1. The van der Waals surface area contributed by atoms with Crippen molar-refractivity contribution >= 4 is 5.97 Å². The van der Waals surface area contributed by atoms with Crippen LogP contribution in [0.15, 0.2) is 11.6 Å². The Kier molecular flexibility index (Phi) is 8.05. The highest BCUT2D eigenvalue weighted by Gasteiger charge is 2.71. The Morgan fingerprint density at radius 1 is 0.844 bits per heavy atom. The van der Waals surface area contributed by atoms with Crippen molar-refractivity contribution in [3.05, 3.63) is 11.6 Å². The molecule has 1 saturated heterocycles. The van der Waals surface area contributed by atoms with E-state index in [2.05, 4.69) is 54.5 Å². The fourth-order valence-electron chi connectivity index (χ4n) is 12.1. The van der Waals surface area contributed by atoms with Crippen LogP contribution in [0.5, 0.6) is 0 Å². The van der Waals surface area contributed by atoms with Gasteiger partial charge in [-0.15, -0.1) is 0 Å². The Morgan fingerprint density at radius 2 is 1.53 bits per heavy atom. The number of aliphatic hydroxyl groups excluding tert-OH is 6. The van der Waals surface area contributed by atoms with E-state index in [1.807, 2.05) is 0 Å². The Morgan fingerprint density at radius 3 is 2.20 bits per heavy atom. The molecule has 0 aromatic heterocycles. The summed E-state index contributed by atoms with van der Waals surface area (Å²) in [6, 6.07) is 0. The van der Waals surface area contributed by atoms with Crippen molar-refractivity contribution in [3.63, 3.8) is 0 Å². The highest BCUT2D eigenvalue weighted by molar-refractivity contribution is 5.80. The second-order valence-corrected chi connectivity index (χ2v) is 18.0. The van der Waals surface area contributed by atoms with Crippen LogP contribution in [-0.2, 0) is 14.3 Å². The van der Waals surface area contributed by atoms with Crippen molar-refractivity contribution < 1.29 is 44.9 Å². The number of hydrogen-bond donors (Lipinski definition) is 6. The molecule has 0 spiro atoms. The van der Waals surface area contributed by atoms with E-state index in [9.17, 15) is 35.4 Å². The third-order valence-electron chi connectivity index (χ3n) is 15.1. The molecule has 0 aromatic carbocycles. The summed E-state index contributed by atoms with van der Waals surface area (Å²) in [6.45, 7) is 15.5. The third kappa shape index (κ3) is 4.54. The monoisotopic (exact) mass is 634 g/mol. The zero-order valence-electron chi connectivity index (χ0n) is 28.3. The fraction of sp³-hybridized carbons (Fsp3) is 0.917. The molecule has 9 heteroatoms. The number of ether oxygens (including phenoxy) is 2. The molecule has 4 saturated carbocycles. The normalized spacial score (nSPS) is 53.6. The molecule has 256 valence electrons. The largest absolute Gasteiger partial charge is 0.432 e. The van der Waals surface area contributed by atoms with Crippen molar-refractivity contribution in [2.45, 2.75) is 149 Å². The van der Waals surface area contributed by atoms with Gasteiger partial charge < -0.3 is 40.1 Å². The third-order valence-corrected chi connectivity index (χ3v) is 15.1. The Balaban J connectivity index is 1.38. The van der Waals surface area contributed by atoms with Gasteiger partial charge in [0.25, 0.3) is 0 Å². The molecule has 1 heterocycles. The lowest BCUT2D eigenvalue weighted by Gasteiger charge is -2.71. The van der Waals surface area contributed by atoms with Gasteiger partial charge in [0.1, 0.15) is 29.8 Å². The van der Waals surface area contributed by atoms with Gasteiger partial charge in [0.2, 0.25) is 6.29 Å². The van der Waals surface area contributed by atoms with Gasteiger partial charge in [0, 0.05) is 0 Å². The lowest BCUT2D eigenvalue weighted by atomic mass is 9.33. The highest BCUT2D eigenvalue weighted by Crippen LogP contribution is 2.75. The molecule has 9 nitrogen and oxygen atoms in total. The number of allylic oxidation sites excluding steroid dienone is 2. The van der Waals surface area contributed by atoms with Gasteiger partial charge in [0.05, 0.1) is 18.8 Å². The highest BCUT2D eigenvalue weighted by atomic mass is 16.7. The van der Waals surface area contributed by atoms with Crippen LogP contribution in [0.3, 0.4) is 0 Å². The van der Waals surface area contributed by atoms with Crippen molar-refractivity contribution in [2.75, 3.05) is 6.61 Å². The van der Waals surface area contributed by atoms with E-state index >= 15 is 0 Å². The topological polar surface area (TPSA) is 157 Å². The molecule has 0 amide bonds. The van der Waals surface area contributed by atoms with Gasteiger partial charge in [-0.3, -0.25) is 4.79 Å². The van der Waals surface area contributed by atoms with E-state index in [4.69, 9.17) is 9.47 Å². The van der Waals surface area contributed by atoms with Crippen LogP contribution in [0.25, 0.3) is 0 Å². The van der Waals surface area contributed by atoms with Gasteiger partial charge in [-0.05, 0) is 103 Å². The molecule has 14 atom stereocenters. The Bertz CT molecular complexity index is 1210. The predicted molar refractivity (Wildman–Crippen MR) is 166 cm³/mol. The SMILES string of the molecule is CC1(C)CC[C@]2(C(=O)O[C@@H]3O[C@H](CO)[C@@H](O)[C@H](O)[C@H]3O)C(O)C[C@]3(C)C(=CC[C@@H]4[C@@]5(C)CC[C@H](O)C(C)(C)[C@@H]5CC[C@]43C)[C@@H]2C1. The molecule has 0 bridgehead atoms. The minimum absolute atomic E-state index is 0.0497. The van der Waals surface area contributed by atoms with Gasteiger partial charge >= 0.3 is 5.97 Å². The van der Waals surface area contributed by atoms with Crippen LogP contribution in [0.1, 0.15) is 106 Å². The summed E-state index contributed by atoms with van der Waals surface area (Å²) in [4.78, 5) is 14.4. The minimum Gasteiger partial charge on any atom is -0.432 e. The summed E-state index contributed by atoms with van der Waals surface area (Å²) in [5.74, 6) is -0.157. The molecule has 1 aliphatic heterocycles. The first-order valence-electron chi connectivity index (χ1n) is 17.4. The van der Waals surface area contributed by atoms with Crippen LogP contribution in [0.2, 0.25) is 0 Å². The molecule has 1 unspecified atom stereocenters. The number of rotatable bonds is 3. The maximum absolute atomic E-state index is 14.4. The quantitative estimate of drug-likeness (QED) is 0.202. The fourth-order valence-corrected chi connectivity index (χ4v) is 12.1. The first-order chi connectivity index (χ1) is 20.8. The smallest absolute Gasteiger partial charge is 0.317 e. The van der Waals surface area contributed by atoms with E-state index in [0.29, 0.717) is 37.5 Å². The second kappa shape index (κ2) is 10.7. The van der Waals surface area contributed by atoms with Crippen molar-refractivity contribution in [1.29, 1.82) is 0 Å². The average molecular weight is 635 g/mol. The van der Waals surface area contributed by atoms with Gasteiger partial charge in [-0.25, -0.2) is 0 Å². The number of hydrogen-bond acceptors (Lipinski definition) is 9. The first kappa shape index (κ1) is 33.8.